The van der Waals surface area contributed by atoms with Crippen LogP contribution in [-0.2, 0) is 6.54 Å². The Morgan fingerprint density at radius 2 is 1.92 bits per heavy atom. The first-order chi connectivity index (χ1) is 11.5. The molecule has 1 aromatic heterocycles. The van der Waals surface area contributed by atoms with Crippen LogP contribution in [0, 0.1) is 5.92 Å². The Bertz CT molecular complexity index is 657. The number of nitrogens with one attached hydrogen (secondary N) is 1. The maximum Gasteiger partial charge on any atom is 0.407 e. The molecule has 1 saturated carbocycles. The van der Waals surface area contributed by atoms with Crippen molar-refractivity contribution in [2.24, 2.45) is 5.92 Å². The Morgan fingerprint density at radius 1 is 1.17 bits per heavy atom. The number of ether oxygens (including phenoxy) is 1. The third-order valence-electron chi connectivity index (χ3n) is 3.93. The first-order valence-electron chi connectivity index (χ1n) is 7.95. The lowest BCUT2D eigenvalue weighted by molar-refractivity contribution is -0.158. The van der Waals surface area contributed by atoms with Crippen molar-refractivity contribution >= 4 is 0 Å². The summed E-state index contributed by atoms with van der Waals surface area (Å²) in [7, 11) is 0. The van der Waals surface area contributed by atoms with Gasteiger partial charge in [-0.2, -0.15) is 13.2 Å². The highest BCUT2D eigenvalue weighted by Gasteiger charge is 2.40. The zero-order valence-corrected chi connectivity index (χ0v) is 13.1. The van der Waals surface area contributed by atoms with Gasteiger partial charge in [-0.15, -0.1) is 0 Å². The molecular weight excluding hydrogens is 317 g/mol. The highest BCUT2D eigenvalue weighted by molar-refractivity contribution is 5.23. The minimum absolute atomic E-state index is 0.0847. The van der Waals surface area contributed by atoms with E-state index in [2.05, 4.69) is 10.3 Å². The van der Waals surface area contributed by atoms with Gasteiger partial charge in [-0.1, -0.05) is 30.3 Å². The lowest BCUT2D eigenvalue weighted by Gasteiger charge is -2.22. The van der Waals surface area contributed by atoms with E-state index in [4.69, 9.17) is 4.74 Å². The van der Waals surface area contributed by atoms with Crippen LogP contribution in [0.5, 0.6) is 5.88 Å². The molecule has 0 aliphatic heterocycles. The fraction of sp³-hybridized carbons (Fsp3) is 0.389. The van der Waals surface area contributed by atoms with Crippen LogP contribution in [0.15, 0.2) is 48.7 Å². The van der Waals surface area contributed by atoms with Gasteiger partial charge in [-0.05, 0) is 36.0 Å². The highest BCUT2D eigenvalue weighted by Crippen LogP contribution is 2.33. The van der Waals surface area contributed by atoms with Crippen LogP contribution in [0.2, 0.25) is 0 Å². The minimum Gasteiger partial charge on any atom is -0.477 e. The summed E-state index contributed by atoms with van der Waals surface area (Å²) in [4.78, 5) is 4.10. The number of benzene rings is 1. The molecule has 0 bridgehead atoms. The van der Waals surface area contributed by atoms with E-state index in [1.165, 1.54) is 25.0 Å². The Morgan fingerprint density at radius 3 is 2.58 bits per heavy atom. The molecule has 6 heteroatoms. The largest absolute Gasteiger partial charge is 0.477 e. The molecular formula is C18H19F3N2O. The monoisotopic (exact) mass is 336 g/mol. The minimum atomic E-state index is -4.36. The van der Waals surface area contributed by atoms with E-state index in [0.717, 1.165) is 0 Å². The van der Waals surface area contributed by atoms with Gasteiger partial charge in [-0.3, -0.25) is 5.32 Å². The van der Waals surface area contributed by atoms with Crippen LogP contribution >= 0.6 is 0 Å². The van der Waals surface area contributed by atoms with Crippen molar-refractivity contribution in [2.45, 2.75) is 31.6 Å². The highest BCUT2D eigenvalue weighted by atomic mass is 19.4. The number of nitrogens with zero attached hydrogens (tertiary/aromatic N) is 1. The van der Waals surface area contributed by atoms with E-state index in [-0.39, 0.29) is 12.1 Å². The van der Waals surface area contributed by atoms with Crippen LogP contribution in [0.4, 0.5) is 13.2 Å². The lowest BCUT2D eigenvalue weighted by Crippen LogP contribution is -2.33. The van der Waals surface area contributed by atoms with Gasteiger partial charge in [0.1, 0.15) is 6.04 Å². The summed E-state index contributed by atoms with van der Waals surface area (Å²) in [6.07, 6.45) is -0.457. The van der Waals surface area contributed by atoms with Crippen LogP contribution < -0.4 is 10.1 Å². The number of pyridine rings is 1. The van der Waals surface area contributed by atoms with Crippen molar-refractivity contribution in [3.05, 3.63) is 59.8 Å². The van der Waals surface area contributed by atoms with E-state index in [9.17, 15) is 13.2 Å². The molecule has 1 heterocycles. The van der Waals surface area contributed by atoms with E-state index >= 15 is 0 Å². The second kappa shape index (κ2) is 7.21. The fourth-order valence-corrected chi connectivity index (χ4v) is 2.42. The second-order valence-corrected chi connectivity index (χ2v) is 6.02. The third-order valence-corrected chi connectivity index (χ3v) is 3.93. The third kappa shape index (κ3) is 4.71. The predicted molar refractivity (Wildman–Crippen MR) is 84.5 cm³/mol. The summed E-state index contributed by atoms with van der Waals surface area (Å²) in [6.45, 7) is 0.709. The predicted octanol–water partition coefficient (Wildman–Crippen LogP) is 4.26. The Hall–Kier alpha value is -2.08. The van der Waals surface area contributed by atoms with E-state index < -0.39 is 12.2 Å². The summed E-state index contributed by atoms with van der Waals surface area (Å²) < 4.78 is 45.5. The molecule has 1 atom stereocenters. The van der Waals surface area contributed by atoms with E-state index in [1.54, 1.807) is 36.5 Å². The zero-order valence-electron chi connectivity index (χ0n) is 13.1. The van der Waals surface area contributed by atoms with Gasteiger partial charge in [0.25, 0.3) is 0 Å². The van der Waals surface area contributed by atoms with E-state index in [1.807, 2.05) is 0 Å². The van der Waals surface area contributed by atoms with Gasteiger partial charge in [0.2, 0.25) is 5.88 Å². The standard InChI is InChI=1S/C18H19F3N2O/c19-18(20,21)17(15-4-2-1-3-5-15)23-11-14-8-9-22-16(10-14)24-12-13-6-7-13/h1-5,8-10,13,17,23H,6-7,11-12H2. The molecule has 2 aromatic rings. The Balaban J connectivity index is 1.64. The normalized spacial score (nSPS) is 16.0. The first-order valence-corrected chi connectivity index (χ1v) is 7.95. The SMILES string of the molecule is FC(F)(F)C(NCc1ccnc(OCC2CC2)c1)c1ccccc1. The molecule has 1 N–H and O–H groups in total. The molecule has 24 heavy (non-hydrogen) atoms. The van der Waals surface area contributed by atoms with Crippen LogP contribution in [0.3, 0.4) is 0 Å². The summed E-state index contributed by atoms with van der Waals surface area (Å²) in [5.74, 6) is 1.06. The number of hydrogen-bond acceptors (Lipinski definition) is 3. The smallest absolute Gasteiger partial charge is 0.407 e. The topological polar surface area (TPSA) is 34.2 Å². The van der Waals surface area contributed by atoms with Crippen molar-refractivity contribution in [3.63, 3.8) is 0 Å². The molecule has 1 aliphatic carbocycles. The van der Waals surface area contributed by atoms with Crippen molar-refractivity contribution in [1.29, 1.82) is 0 Å². The number of rotatable bonds is 7. The Kier molecular flexibility index (Phi) is 5.04. The average Bonchev–Trinajstić information content (AvgIpc) is 3.38. The van der Waals surface area contributed by atoms with Crippen molar-refractivity contribution < 1.29 is 17.9 Å². The van der Waals surface area contributed by atoms with Crippen molar-refractivity contribution in [2.75, 3.05) is 6.61 Å². The maximum absolute atomic E-state index is 13.3. The summed E-state index contributed by atoms with van der Waals surface area (Å²) in [5.41, 5.74) is 0.908. The maximum atomic E-state index is 13.3. The zero-order chi connectivity index (χ0) is 17.0. The van der Waals surface area contributed by atoms with Gasteiger partial charge < -0.3 is 4.74 Å². The second-order valence-electron chi connectivity index (χ2n) is 6.02. The lowest BCUT2D eigenvalue weighted by atomic mass is 10.1. The van der Waals surface area contributed by atoms with Gasteiger partial charge in [0, 0.05) is 18.8 Å². The molecule has 1 fully saturated rings. The van der Waals surface area contributed by atoms with Gasteiger partial charge in [0.15, 0.2) is 0 Å². The van der Waals surface area contributed by atoms with Crippen LogP contribution in [0.1, 0.15) is 30.0 Å². The summed E-state index contributed by atoms with van der Waals surface area (Å²) >= 11 is 0. The molecule has 3 rings (SSSR count). The average molecular weight is 336 g/mol. The molecule has 1 aliphatic rings. The van der Waals surface area contributed by atoms with Crippen LogP contribution in [0.25, 0.3) is 0 Å². The molecule has 1 aromatic carbocycles. The first kappa shape index (κ1) is 16.8. The number of hydrogen-bond donors (Lipinski definition) is 1. The number of alkyl halides is 3. The number of aromatic nitrogens is 1. The molecule has 1 unspecified atom stereocenters. The van der Waals surface area contributed by atoms with Gasteiger partial charge in [0.05, 0.1) is 6.61 Å². The summed E-state index contributed by atoms with van der Waals surface area (Å²) in [5, 5.41) is 2.59. The van der Waals surface area contributed by atoms with Crippen molar-refractivity contribution in [1.82, 2.24) is 10.3 Å². The summed E-state index contributed by atoms with van der Waals surface area (Å²) in [6, 6.07) is 9.52. The van der Waals surface area contributed by atoms with Gasteiger partial charge >= 0.3 is 6.18 Å². The molecule has 128 valence electrons. The molecule has 0 spiro atoms. The Labute approximate surface area is 138 Å². The quantitative estimate of drug-likeness (QED) is 0.820. The van der Waals surface area contributed by atoms with Crippen LogP contribution in [-0.4, -0.2) is 17.8 Å². The molecule has 0 saturated heterocycles. The van der Waals surface area contributed by atoms with Gasteiger partial charge in [-0.25, -0.2) is 4.98 Å². The van der Waals surface area contributed by atoms with Crippen molar-refractivity contribution in [3.8, 4) is 5.88 Å². The molecule has 0 radical (unpaired) electrons. The molecule has 3 nitrogen and oxygen atoms in total. The van der Waals surface area contributed by atoms with E-state index in [0.29, 0.717) is 24.0 Å². The number of halogens is 3. The molecule has 0 amide bonds. The fourth-order valence-electron chi connectivity index (χ4n) is 2.42.